The van der Waals surface area contributed by atoms with Crippen molar-refractivity contribution in [2.45, 2.75) is 13.3 Å². The van der Waals surface area contributed by atoms with Gasteiger partial charge in [0.05, 0.1) is 5.69 Å². The zero-order valence-electron chi connectivity index (χ0n) is 17.8. The summed E-state index contributed by atoms with van der Waals surface area (Å²) in [6.07, 6.45) is 0.410. The lowest BCUT2D eigenvalue weighted by Gasteiger charge is -2.09. The third kappa shape index (κ3) is 6.51. The van der Waals surface area contributed by atoms with E-state index in [4.69, 9.17) is 10.8 Å². The van der Waals surface area contributed by atoms with E-state index in [2.05, 4.69) is 25.6 Å². The van der Waals surface area contributed by atoms with Crippen molar-refractivity contribution in [2.75, 3.05) is 29.1 Å². The molecule has 0 spiro atoms. The van der Waals surface area contributed by atoms with E-state index in [-0.39, 0.29) is 23.7 Å². The van der Waals surface area contributed by atoms with Crippen molar-refractivity contribution >= 4 is 45.9 Å². The number of aliphatic hydroxyl groups is 1. The Kier molecular flexibility index (Phi) is 7.95. The van der Waals surface area contributed by atoms with Gasteiger partial charge in [-0.15, -0.1) is 0 Å². The first kappa shape index (κ1) is 23.7. The highest BCUT2D eigenvalue weighted by Gasteiger charge is 2.21. The van der Waals surface area contributed by atoms with E-state index in [1.807, 2.05) is 31.2 Å². The minimum Gasteiger partial charge on any atom is -0.396 e. The number of nitrogens with two attached hydrogens (primary N) is 1. The maximum Gasteiger partial charge on any atom is 0.323 e. The van der Waals surface area contributed by atoms with E-state index in [0.29, 0.717) is 29.1 Å². The SMILES string of the molecule is Cc1ccc(NC(=O)Nc2ccc(-c3nsc(NC(=O)NCCCO)c3C(N)=O)cc2)cc1. The molecule has 1 aromatic heterocycles. The zero-order valence-corrected chi connectivity index (χ0v) is 18.7. The van der Waals surface area contributed by atoms with E-state index >= 15 is 0 Å². The molecule has 172 valence electrons. The normalized spacial score (nSPS) is 10.4. The summed E-state index contributed by atoms with van der Waals surface area (Å²) in [6.45, 7) is 2.20. The number of urea groups is 2. The van der Waals surface area contributed by atoms with Crippen LogP contribution in [0.25, 0.3) is 11.3 Å². The van der Waals surface area contributed by atoms with Gasteiger partial charge in [-0.05, 0) is 49.1 Å². The summed E-state index contributed by atoms with van der Waals surface area (Å²) in [5.74, 6) is -0.732. The molecule has 0 aliphatic heterocycles. The smallest absolute Gasteiger partial charge is 0.323 e. The van der Waals surface area contributed by atoms with E-state index in [0.717, 1.165) is 17.1 Å². The fraction of sp³-hybridized carbons (Fsp3) is 0.182. The van der Waals surface area contributed by atoms with Gasteiger partial charge < -0.3 is 26.8 Å². The van der Waals surface area contributed by atoms with E-state index in [9.17, 15) is 14.4 Å². The molecule has 0 saturated carbocycles. The number of carbonyl (C=O) groups excluding carboxylic acids is 3. The molecule has 0 atom stereocenters. The number of nitrogens with zero attached hydrogens (tertiary/aromatic N) is 1. The molecule has 3 rings (SSSR count). The van der Waals surface area contributed by atoms with Gasteiger partial charge in [0, 0.05) is 30.1 Å². The Labute approximate surface area is 194 Å². The Morgan fingerprint density at radius 3 is 2.12 bits per heavy atom. The van der Waals surface area contributed by atoms with Crippen LogP contribution in [-0.4, -0.2) is 40.6 Å². The van der Waals surface area contributed by atoms with Gasteiger partial charge in [0.2, 0.25) is 0 Å². The van der Waals surface area contributed by atoms with Gasteiger partial charge in [-0.3, -0.25) is 10.1 Å². The summed E-state index contributed by atoms with van der Waals surface area (Å²) >= 11 is 0.932. The average molecular weight is 469 g/mol. The van der Waals surface area contributed by atoms with Gasteiger partial charge in [-0.2, -0.15) is 4.37 Å². The van der Waals surface area contributed by atoms with Crippen LogP contribution in [0.2, 0.25) is 0 Å². The zero-order chi connectivity index (χ0) is 23.8. The largest absolute Gasteiger partial charge is 0.396 e. The fourth-order valence-electron chi connectivity index (χ4n) is 2.87. The number of hydrogen-bond acceptors (Lipinski definition) is 6. The second-order valence-electron chi connectivity index (χ2n) is 7.08. The summed E-state index contributed by atoms with van der Waals surface area (Å²) in [4.78, 5) is 36.2. The van der Waals surface area contributed by atoms with Gasteiger partial charge in [0.15, 0.2) is 0 Å². The molecule has 3 aromatic rings. The maximum atomic E-state index is 12.2. The highest BCUT2D eigenvalue weighted by Crippen LogP contribution is 2.32. The molecule has 0 radical (unpaired) electrons. The minimum atomic E-state index is -0.732. The van der Waals surface area contributed by atoms with Crippen LogP contribution in [-0.2, 0) is 0 Å². The Morgan fingerprint density at radius 1 is 0.939 bits per heavy atom. The number of rotatable bonds is 8. The standard InChI is InChI=1S/C22H24N6O4S/c1-13-3-7-15(8-4-13)25-22(32)26-16-9-5-14(6-10-16)18-17(19(23)30)20(33-28-18)27-21(31)24-11-2-12-29/h3-10,29H,2,11-12H2,1H3,(H2,23,30)(H2,24,27,31)(H2,25,26,32). The van der Waals surface area contributed by atoms with Crippen LogP contribution in [0.3, 0.4) is 0 Å². The van der Waals surface area contributed by atoms with E-state index < -0.39 is 18.0 Å². The molecule has 11 heteroatoms. The van der Waals surface area contributed by atoms with Gasteiger partial charge in [0.1, 0.15) is 10.6 Å². The molecular formula is C22H24N6O4S. The number of aromatic nitrogens is 1. The number of nitrogens with one attached hydrogen (secondary N) is 4. The first-order valence-corrected chi connectivity index (χ1v) is 10.8. The summed E-state index contributed by atoms with van der Waals surface area (Å²) in [7, 11) is 0. The monoisotopic (exact) mass is 468 g/mol. The summed E-state index contributed by atoms with van der Waals surface area (Å²) < 4.78 is 4.27. The van der Waals surface area contributed by atoms with E-state index in [1.54, 1.807) is 24.3 Å². The number of benzene rings is 2. The second-order valence-corrected chi connectivity index (χ2v) is 7.85. The molecule has 2 aromatic carbocycles. The molecule has 33 heavy (non-hydrogen) atoms. The van der Waals surface area contributed by atoms with Gasteiger partial charge in [0.25, 0.3) is 5.91 Å². The van der Waals surface area contributed by atoms with Crippen LogP contribution in [0.4, 0.5) is 26.0 Å². The highest BCUT2D eigenvalue weighted by molar-refractivity contribution is 7.11. The van der Waals surface area contributed by atoms with Crippen molar-refractivity contribution in [3.8, 4) is 11.3 Å². The molecular weight excluding hydrogens is 444 g/mol. The predicted molar refractivity (Wildman–Crippen MR) is 129 cm³/mol. The van der Waals surface area contributed by atoms with Crippen LogP contribution in [0.1, 0.15) is 22.3 Å². The average Bonchev–Trinajstić information content (AvgIpc) is 3.19. The summed E-state index contributed by atoms with van der Waals surface area (Å²) in [5.41, 5.74) is 8.85. The number of aryl methyl sites for hydroxylation is 1. The Morgan fingerprint density at radius 2 is 1.55 bits per heavy atom. The topological polar surface area (TPSA) is 158 Å². The third-order valence-electron chi connectivity index (χ3n) is 4.51. The third-order valence-corrected chi connectivity index (χ3v) is 5.27. The minimum absolute atomic E-state index is 0.0456. The summed E-state index contributed by atoms with van der Waals surface area (Å²) in [6, 6.07) is 13.2. The molecule has 0 fully saturated rings. The van der Waals surface area contributed by atoms with Crippen molar-refractivity contribution in [3.63, 3.8) is 0 Å². The second kappa shape index (κ2) is 11.1. The molecule has 0 bridgehead atoms. The quantitative estimate of drug-likeness (QED) is 0.279. The van der Waals surface area contributed by atoms with Crippen LogP contribution in [0, 0.1) is 6.92 Å². The molecule has 0 aliphatic carbocycles. The lowest BCUT2D eigenvalue weighted by Crippen LogP contribution is -2.30. The molecule has 0 saturated heterocycles. The van der Waals surface area contributed by atoms with Gasteiger partial charge in [-0.1, -0.05) is 29.8 Å². The Hall–Kier alpha value is -3.96. The first-order chi connectivity index (χ1) is 15.9. The fourth-order valence-corrected chi connectivity index (χ4v) is 3.68. The highest BCUT2D eigenvalue weighted by atomic mass is 32.1. The lowest BCUT2D eigenvalue weighted by molar-refractivity contribution is 0.100. The first-order valence-electron chi connectivity index (χ1n) is 10.1. The number of primary amides is 1. The molecule has 10 nitrogen and oxygen atoms in total. The summed E-state index contributed by atoms with van der Waals surface area (Å²) in [5, 5.41) is 19.6. The van der Waals surface area contributed by atoms with E-state index in [1.165, 1.54) is 0 Å². The van der Waals surface area contributed by atoms with Gasteiger partial charge >= 0.3 is 12.1 Å². The van der Waals surface area contributed by atoms with Crippen LogP contribution >= 0.6 is 11.5 Å². The van der Waals surface area contributed by atoms with Crippen molar-refractivity contribution in [1.82, 2.24) is 9.69 Å². The van der Waals surface area contributed by atoms with Crippen molar-refractivity contribution < 1.29 is 19.5 Å². The van der Waals surface area contributed by atoms with Crippen LogP contribution in [0.15, 0.2) is 48.5 Å². The molecule has 0 aliphatic rings. The number of aliphatic hydroxyl groups excluding tert-OH is 1. The van der Waals surface area contributed by atoms with Crippen molar-refractivity contribution in [3.05, 3.63) is 59.7 Å². The number of amides is 5. The lowest BCUT2D eigenvalue weighted by atomic mass is 10.1. The molecule has 7 N–H and O–H groups in total. The van der Waals surface area contributed by atoms with Gasteiger partial charge in [-0.25, -0.2) is 9.59 Å². The van der Waals surface area contributed by atoms with Crippen LogP contribution in [0.5, 0.6) is 0 Å². The van der Waals surface area contributed by atoms with Crippen molar-refractivity contribution in [1.29, 1.82) is 0 Å². The Bertz CT molecular complexity index is 1130. The number of carbonyl (C=O) groups is 3. The maximum absolute atomic E-state index is 12.2. The van der Waals surface area contributed by atoms with Crippen LogP contribution < -0.4 is 27.0 Å². The van der Waals surface area contributed by atoms with Crippen molar-refractivity contribution in [2.24, 2.45) is 5.73 Å². The number of hydrogen-bond donors (Lipinski definition) is 6. The molecule has 0 unspecified atom stereocenters. The molecule has 5 amide bonds. The Balaban J connectivity index is 1.68. The predicted octanol–water partition coefficient (Wildman–Crippen LogP) is 3.37. The molecule has 1 heterocycles. The number of anilines is 3.